The first-order valence-electron chi connectivity index (χ1n) is 6.22. The summed E-state index contributed by atoms with van der Waals surface area (Å²) in [6.45, 7) is 2.11. The molecule has 0 amide bonds. The molecular weight excluding hydrogens is 201 g/mol. The van der Waals surface area contributed by atoms with Gasteiger partial charge in [-0.05, 0) is 25.3 Å². The van der Waals surface area contributed by atoms with Gasteiger partial charge in [-0.15, -0.1) is 0 Å². The van der Waals surface area contributed by atoms with Crippen LogP contribution in [-0.2, 0) is 0 Å². The third-order valence-corrected chi connectivity index (χ3v) is 3.45. The summed E-state index contributed by atoms with van der Waals surface area (Å²) in [6.07, 6.45) is 3.22. The molecule has 88 valence electrons. The molecule has 1 N–H and O–H groups in total. The van der Waals surface area contributed by atoms with Crippen molar-refractivity contribution < 1.29 is 4.39 Å². The molecule has 0 radical (unpaired) electrons. The molecule has 0 aliphatic heterocycles. The van der Waals surface area contributed by atoms with Crippen LogP contribution in [0.1, 0.15) is 44.2 Å². The van der Waals surface area contributed by atoms with Gasteiger partial charge in [-0.2, -0.15) is 0 Å². The van der Waals surface area contributed by atoms with Gasteiger partial charge >= 0.3 is 0 Å². The number of hydrogen-bond donors (Lipinski definition) is 1. The van der Waals surface area contributed by atoms with E-state index >= 15 is 0 Å². The van der Waals surface area contributed by atoms with Crippen LogP contribution in [0.25, 0.3) is 0 Å². The van der Waals surface area contributed by atoms with Crippen LogP contribution in [0.5, 0.6) is 0 Å². The Bertz CT molecular complexity index is 312. The summed E-state index contributed by atoms with van der Waals surface area (Å²) in [4.78, 5) is 0. The minimum absolute atomic E-state index is 0.0453. The van der Waals surface area contributed by atoms with Crippen molar-refractivity contribution in [2.45, 2.75) is 50.9 Å². The number of halogens is 1. The number of nitrogens with one attached hydrogen (secondary N) is 1. The van der Waals surface area contributed by atoms with Crippen molar-refractivity contribution in [3.8, 4) is 0 Å². The van der Waals surface area contributed by atoms with Gasteiger partial charge in [0.15, 0.2) is 0 Å². The van der Waals surface area contributed by atoms with E-state index in [9.17, 15) is 4.39 Å². The zero-order valence-corrected chi connectivity index (χ0v) is 9.83. The van der Waals surface area contributed by atoms with Gasteiger partial charge < -0.3 is 5.32 Å². The summed E-state index contributed by atoms with van der Waals surface area (Å²) in [7, 11) is 0. The summed E-state index contributed by atoms with van der Waals surface area (Å²) in [6, 6.07) is 10.5. The molecule has 1 aromatic carbocycles. The second-order valence-electron chi connectivity index (χ2n) is 4.71. The molecule has 0 spiro atoms. The lowest BCUT2D eigenvalue weighted by molar-refractivity contribution is 0.180. The molecule has 1 saturated carbocycles. The van der Waals surface area contributed by atoms with E-state index in [-0.39, 0.29) is 12.1 Å². The van der Waals surface area contributed by atoms with Crippen LogP contribution in [0.15, 0.2) is 30.3 Å². The van der Waals surface area contributed by atoms with E-state index < -0.39 is 6.17 Å². The Balaban J connectivity index is 1.94. The Labute approximate surface area is 97.1 Å². The van der Waals surface area contributed by atoms with Crippen LogP contribution in [-0.4, -0.2) is 12.2 Å². The topological polar surface area (TPSA) is 12.0 Å². The highest BCUT2D eigenvalue weighted by Gasteiger charge is 2.25. The van der Waals surface area contributed by atoms with E-state index in [4.69, 9.17) is 0 Å². The second kappa shape index (κ2) is 5.44. The first-order chi connectivity index (χ1) is 7.77. The van der Waals surface area contributed by atoms with Crippen LogP contribution in [0.2, 0.25) is 0 Å². The van der Waals surface area contributed by atoms with Crippen LogP contribution < -0.4 is 5.32 Å². The number of benzene rings is 1. The largest absolute Gasteiger partial charge is 0.305 e. The molecule has 16 heavy (non-hydrogen) atoms. The zero-order chi connectivity index (χ0) is 11.4. The smallest absolute Gasteiger partial charge is 0.115 e. The predicted octanol–water partition coefficient (Wildman–Crippen LogP) is 3.62. The van der Waals surface area contributed by atoms with Crippen molar-refractivity contribution in [3.63, 3.8) is 0 Å². The summed E-state index contributed by atoms with van der Waals surface area (Å²) in [5, 5.41) is 3.41. The molecular formula is C14H20FN. The normalized spacial score (nSPS) is 27.6. The first kappa shape index (κ1) is 11.6. The fourth-order valence-corrected chi connectivity index (χ4v) is 2.43. The Morgan fingerprint density at radius 3 is 2.56 bits per heavy atom. The van der Waals surface area contributed by atoms with Gasteiger partial charge in [0.25, 0.3) is 0 Å². The molecule has 1 nitrogen and oxygen atoms in total. The fourth-order valence-electron chi connectivity index (χ4n) is 2.43. The van der Waals surface area contributed by atoms with E-state index in [1.54, 1.807) is 0 Å². The van der Waals surface area contributed by atoms with Gasteiger partial charge in [-0.25, -0.2) is 4.39 Å². The SMILES string of the molecule is C[C@H](N[C@H]1CCCC[C@@H]1F)c1ccccc1. The molecule has 2 heteroatoms. The summed E-state index contributed by atoms with van der Waals surface area (Å²) in [5.41, 5.74) is 1.24. The molecule has 0 bridgehead atoms. The quantitative estimate of drug-likeness (QED) is 0.822. The molecule has 0 saturated heterocycles. The molecule has 0 aromatic heterocycles. The Kier molecular flexibility index (Phi) is 3.94. The maximum absolute atomic E-state index is 13.7. The maximum Gasteiger partial charge on any atom is 0.115 e. The Morgan fingerprint density at radius 2 is 1.88 bits per heavy atom. The lowest BCUT2D eigenvalue weighted by atomic mass is 9.92. The third kappa shape index (κ3) is 2.82. The highest BCUT2D eigenvalue weighted by atomic mass is 19.1. The van der Waals surface area contributed by atoms with E-state index in [1.165, 1.54) is 5.56 Å². The monoisotopic (exact) mass is 221 g/mol. The average molecular weight is 221 g/mol. The summed E-state index contributed by atoms with van der Waals surface area (Å²) >= 11 is 0. The molecule has 0 unspecified atom stereocenters. The minimum Gasteiger partial charge on any atom is -0.305 e. The third-order valence-electron chi connectivity index (χ3n) is 3.45. The van der Waals surface area contributed by atoms with Gasteiger partial charge in [0.1, 0.15) is 6.17 Å². The van der Waals surface area contributed by atoms with E-state index in [0.29, 0.717) is 0 Å². The standard InChI is InChI=1S/C14H20FN/c1-11(12-7-3-2-4-8-12)16-14-10-6-5-9-13(14)15/h2-4,7-8,11,13-14,16H,5-6,9-10H2,1H3/t11-,13-,14-/m0/s1. The van der Waals surface area contributed by atoms with Gasteiger partial charge in [0, 0.05) is 12.1 Å². The van der Waals surface area contributed by atoms with E-state index in [2.05, 4.69) is 24.4 Å². The number of hydrogen-bond acceptors (Lipinski definition) is 1. The van der Waals surface area contributed by atoms with Crippen molar-refractivity contribution in [2.24, 2.45) is 0 Å². The Hall–Kier alpha value is -0.890. The van der Waals surface area contributed by atoms with E-state index in [1.807, 2.05) is 18.2 Å². The van der Waals surface area contributed by atoms with Crippen LogP contribution in [0.4, 0.5) is 4.39 Å². The van der Waals surface area contributed by atoms with Crippen LogP contribution in [0, 0.1) is 0 Å². The van der Waals surface area contributed by atoms with Crippen LogP contribution >= 0.6 is 0 Å². The van der Waals surface area contributed by atoms with Crippen molar-refractivity contribution in [1.29, 1.82) is 0 Å². The molecule has 1 fully saturated rings. The van der Waals surface area contributed by atoms with Gasteiger partial charge in [-0.3, -0.25) is 0 Å². The molecule has 1 aromatic rings. The van der Waals surface area contributed by atoms with Crippen molar-refractivity contribution in [2.75, 3.05) is 0 Å². The van der Waals surface area contributed by atoms with E-state index in [0.717, 1.165) is 25.7 Å². The first-order valence-corrected chi connectivity index (χ1v) is 6.22. The number of rotatable bonds is 3. The molecule has 3 atom stereocenters. The van der Waals surface area contributed by atoms with Crippen molar-refractivity contribution in [3.05, 3.63) is 35.9 Å². The zero-order valence-electron chi connectivity index (χ0n) is 9.83. The maximum atomic E-state index is 13.7. The molecule has 1 aliphatic rings. The Morgan fingerprint density at radius 1 is 1.19 bits per heavy atom. The highest BCUT2D eigenvalue weighted by Crippen LogP contribution is 2.23. The predicted molar refractivity (Wildman–Crippen MR) is 65.1 cm³/mol. The van der Waals surface area contributed by atoms with Gasteiger partial charge in [0.05, 0.1) is 0 Å². The molecule has 0 heterocycles. The van der Waals surface area contributed by atoms with Crippen molar-refractivity contribution in [1.82, 2.24) is 5.32 Å². The average Bonchev–Trinajstić information content (AvgIpc) is 2.33. The highest BCUT2D eigenvalue weighted by molar-refractivity contribution is 5.18. The fraction of sp³-hybridized carbons (Fsp3) is 0.571. The molecule has 2 rings (SSSR count). The summed E-state index contributed by atoms with van der Waals surface area (Å²) < 4.78 is 13.7. The number of alkyl halides is 1. The van der Waals surface area contributed by atoms with Gasteiger partial charge in [-0.1, -0.05) is 43.2 Å². The van der Waals surface area contributed by atoms with Gasteiger partial charge in [0.2, 0.25) is 0 Å². The lowest BCUT2D eigenvalue weighted by Gasteiger charge is -2.29. The van der Waals surface area contributed by atoms with Crippen LogP contribution in [0.3, 0.4) is 0 Å². The molecule has 1 aliphatic carbocycles. The summed E-state index contributed by atoms with van der Waals surface area (Å²) in [5.74, 6) is 0. The second-order valence-corrected chi connectivity index (χ2v) is 4.71. The lowest BCUT2D eigenvalue weighted by Crippen LogP contribution is -2.41. The van der Waals surface area contributed by atoms with Crippen molar-refractivity contribution >= 4 is 0 Å². The minimum atomic E-state index is -0.667.